The lowest BCUT2D eigenvalue weighted by Crippen LogP contribution is -2.41. The number of aromatic nitrogens is 2. The Kier molecular flexibility index (Phi) is 4.77. The molecular weight excluding hydrogens is 297 g/mol. The Morgan fingerprint density at radius 1 is 1.35 bits per heavy atom. The largest absolute Gasteiger partial charge is 0.492 e. The summed E-state index contributed by atoms with van der Waals surface area (Å²) in [6.07, 6.45) is 4.80. The van der Waals surface area contributed by atoms with Gasteiger partial charge in [0, 0.05) is 31.4 Å². The quantitative estimate of drug-likeness (QED) is 0.805. The fourth-order valence-corrected chi connectivity index (χ4v) is 2.07. The Hall–Kier alpha value is -1.93. The van der Waals surface area contributed by atoms with Gasteiger partial charge in [0.1, 0.15) is 0 Å². The number of nitrogens with zero attached hydrogens (tertiary/aromatic N) is 1. The van der Waals surface area contributed by atoms with Gasteiger partial charge in [0.05, 0.1) is 11.2 Å². The van der Waals surface area contributed by atoms with Crippen molar-refractivity contribution in [2.24, 2.45) is 0 Å². The molecule has 7 nitrogen and oxygen atoms in total. The molecule has 0 bridgehead atoms. The predicted octanol–water partition coefficient (Wildman–Crippen LogP) is 0.921. The Balaban J connectivity index is 2.29. The molecule has 0 saturated carbocycles. The maximum atomic E-state index is 11.2. The molecule has 0 aromatic carbocycles. The zero-order valence-corrected chi connectivity index (χ0v) is 14.1. The number of H-pyrrole nitrogens is 1. The summed E-state index contributed by atoms with van der Waals surface area (Å²) in [5.74, 6) is -0.146. The Bertz CT molecular complexity index is 645. The van der Waals surface area contributed by atoms with Crippen molar-refractivity contribution in [2.75, 3.05) is 6.54 Å². The number of carbonyl (C=O) groups excluding carboxylic acids is 1. The van der Waals surface area contributed by atoms with E-state index in [2.05, 4.69) is 15.3 Å². The van der Waals surface area contributed by atoms with Crippen LogP contribution in [0.5, 0.6) is 0 Å². The van der Waals surface area contributed by atoms with Gasteiger partial charge in [-0.25, -0.2) is 9.78 Å². The fraction of sp³-hybridized carbons (Fsp3) is 0.533. The summed E-state index contributed by atoms with van der Waals surface area (Å²) in [7, 11) is -0.584. The number of hydrogen-bond acceptors (Lipinski definition) is 5. The molecule has 0 spiro atoms. The molecule has 2 heterocycles. The molecule has 0 unspecified atom stereocenters. The highest BCUT2D eigenvalue weighted by molar-refractivity contribution is 6.56. The molecule has 1 aromatic rings. The van der Waals surface area contributed by atoms with Crippen LogP contribution < -0.4 is 11.0 Å². The van der Waals surface area contributed by atoms with Crippen LogP contribution in [0.25, 0.3) is 6.08 Å². The lowest BCUT2D eigenvalue weighted by Gasteiger charge is -2.32. The Labute approximate surface area is 135 Å². The number of rotatable bonds is 4. The molecule has 124 valence electrons. The van der Waals surface area contributed by atoms with Gasteiger partial charge in [-0.15, -0.1) is 0 Å². The Morgan fingerprint density at radius 2 is 1.96 bits per heavy atom. The van der Waals surface area contributed by atoms with E-state index in [0.29, 0.717) is 5.56 Å². The summed E-state index contributed by atoms with van der Waals surface area (Å²) >= 11 is 0. The van der Waals surface area contributed by atoms with Gasteiger partial charge in [0.2, 0.25) is 5.91 Å². The second-order valence-electron chi connectivity index (χ2n) is 6.57. The van der Waals surface area contributed by atoms with Crippen molar-refractivity contribution in [2.45, 2.75) is 45.8 Å². The molecule has 1 saturated heterocycles. The van der Waals surface area contributed by atoms with Gasteiger partial charge in [-0.2, -0.15) is 0 Å². The molecule has 2 rings (SSSR count). The minimum atomic E-state index is -0.584. The maximum Gasteiger partial charge on any atom is 0.492 e. The predicted molar refractivity (Wildman–Crippen MR) is 87.6 cm³/mol. The third kappa shape index (κ3) is 4.08. The highest BCUT2D eigenvalue weighted by Crippen LogP contribution is 2.38. The average molecular weight is 319 g/mol. The lowest BCUT2D eigenvalue weighted by molar-refractivity contribution is -0.118. The first-order chi connectivity index (χ1) is 10.6. The Morgan fingerprint density at radius 3 is 2.43 bits per heavy atom. The van der Waals surface area contributed by atoms with Crippen molar-refractivity contribution in [3.8, 4) is 0 Å². The first kappa shape index (κ1) is 17.4. The zero-order valence-electron chi connectivity index (χ0n) is 14.1. The van der Waals surface area contributed by atoms with Crippen LogP contribution in [0.15, 0.2) is 22.7 Å². The minimum Gasteiger partial charge on any atom is -0.400 e. The first-order valence-corrected chi connectivity index (χ1v) is 7.46. The number of carbonyl (C=O) groups is 1. The van der Waals surface area contributed by atoms with E-state index in [1.54, 1.807) is 12.3 Å². The van der Waals surface area contributed by atoms with Crippen LogP contribution in [-0.4, -0.2) is 40.7 Å². The van der Waals surface area contributed by atoms with Crippen molar-refractivity contribution in [3.63, 3.8) is 0 Å². The monoisotopic (exact) mass is 319 g/mol. The summed E-state index contributed by atoms with van der Waals surface area (Å²) in [6, 6.07) is 0. The van der Waals surface area contributed by atoms with Gasteiger partial charge in [-0.3, -0.25) is 4.79 Å². The SMILES string of the molecule is CC(=O)NCC(=Cc1cnc(=O)[nH]c1)B1OC(C)(C)C(C)(C)O1. The van der Waals surface area contributed by atoms with E-state index in [0.717, 1.165) is 5.47 Å². The molecule has 1 aliphatic rings. The second-order valence-corrected chi connectivity index (χ2v) is 6.57. The van der Waals surface area contributed by atoms with E-state index in [-0.39, 0.29) is 12.5 Å². The van der Waals surface area contributed by atoms with Gasteiger partial charge in [-0.05, 0) is 33.2 Å². The highest BCUT2D eigenvalue weighted by Gasteiger charge is 2.52. The molecule has 23 heavy (non-hydrogen) atoms. The summed E-state index contributed by atoms with van der Waals surface area (Å²) in [6.45, 7) is 9.58. The van der Waals surface area contributed by atoms with Crippen LogP contribution in [0.2, 0.25) is 0 Å². The van der Waals surface area contributed by atoms with E-state index in [9.17, 15) is 9.59 Å². The van der Waals surface area contributed by atoms with Gasteiger partial charge < -0.3 is 19.6 Å². The van der Waals surface area contributed by atoms with Crippen molar-refractivity contribution < 1.29 is 14.1 Å². The van der Waals surface area contributed by atoms with E-state index in [1.807, 2.05) is 27.7 Å². The van der Waals surface area contributed by atoms with E-state index in [4.69, 9.17) is 9.31 Å². The average Bonchev–Trinajstić information content (AvgIpc) is 2.65. The molecule has 0 radical (unpaired) electrons. The molecule has 1 amide bonds. The van der Waals surface area contributed by atoms with Crippen molar-refractivity contribution >= 4 is 19.1 Å². The van der Waals surface area contributed by atoms with Crippen molar-refractivity contribution in [1.82, 2.24) is 15.3 Å². The number of hydrogen-bond donors (Lipinski definition) is 2. The number of nitrogens with one attached hydrogen (secondary N) is 2. The summed E-state index contributed by atoms with van der Waals surface area (Å²) in [5.41, 5.74) is 0.0699. The van der Waals surface area contributed by atoms with Crippen molar-refractivity contribution in [1.29, 1.82) is 0 Å². The van der Waals surface area contributed by atoms with Gasteiger partial charge in [-0.1, -0.05) is 6.08 Å². The summed E-state index contributed by atoms with van der Waals surface area (Å²) in [5, 5.41) is 2.75. The molecule has 1 aromatic heterocycles. The molecule has 1 aliphatic heterocycles. The molecule has 2 N–H and O–H groups in total. The molecule has 1 fully saturated rings. The van der Waals surface area contributed by atoms with E-state index >= 15 is 0 Å². The minimum absolute atomic E-state index is 0.146. The molecule has 0 atom stereocenters. The number of amides is 1. The van der Waals surface area contributed by atoms with Crippen LogP contribution in [0, 0.1) is 0 Å². The molecular formula is C15H22BN3O4. The zero-order chi connectivity index (χ0) is 17.3. The van der Waals surface area contributed by atoms with Crippen LogP contribution in [0.3, 0.4) is 0 Å². The third-order valence-corrected chi connectivity index (χ3v) is 4.14. The van der Waals surface area contributed by atoms with E-state index in [1.165, 1.54) is 13.1 Å². The first-order valence-electron chi connectivity index (χ1n) is 7.46. The van der Waals surface area contributed by atoms with Gasteiger partial charge in [0.25, 0.3) is 0 Å². The standard InChI is InChI=1S/C15H22BN3O4/c1-10(20)17-9-12(6-11-7-18-13(21)19-8-11)16-22-14(2,3)15(4,5)23-16/h6-8H,9H2,1-5H3,(H,17,20)(H,18,19,21). The van der Waals surface area contributed by atoms with Gasteiger partial charge in [0.15, 0.2) is 0 Å². The van der Waals surface area contributed by atoms with Crippen molar-refractivity contribution in [3.05, 3.63) is 33.9 Å². The van der Waals surface area contributed by atoms with Crippen LogP contribution >= 0.6 is 0 Å². The second kappa shape index (κ2) is 6.29. The summed E-state index contributed by atoms with van der Waals surface area (Å²) < 4.78 is 12.0. The van der Waals surface area contributed by atoms with E-state index < -0.39 is 24.0 Å². The highest BCUT2D eigenvalue weighted by atomic mass is 16.7. The van der Waals surface area contributed by atoms with Crippen LogP contribution in [0.1, 0.15) is 40.2 Å². The van der Waals surface area contributed by atoms with Gasteiger partial charge >= 0.3 is 12.8 Å². The molecule has 0 aliphatic carbocycles. The maximum absolute atomic E-state index is 11.2. The third-order valence-electron chi connectivity index (χ3n) is 4.14. The number of aromatic amines is 1. The smallest absolute Gasteiger partial charge is 0.400 e. The normalized spacial score (nSPS) is 19.7. The van der Waals surface area contributed by atoms with Crippen LogP contribution in [0.4, 0.5) is 0 Å². The molecule has 8 heteroatoms. The topological polar surface area (TPSA) is 93.3 Å². The lowest BCUT2D eigenvalue weighted by atomic mass is 9.77. The summed E-state index contributed by atoms with van der Waals surface area (Å²) in [4.78, 5) is 28.5. The van der Waals surface area contributed by atoms with Crippen LogP contribution in [-0.2, 0) is 14.1 Å². The fourth-order valence-electron chi connectivity index (χ4n) is 2.07.